The highest BCUT2D eigenvalue weighted by Gasteiger charge is 2.31. The monoisotopic (exact) mass is 548 g/mol. The van der Waals surface area contributed by atoms with Gasteiger partial charge in [-0.05, 0) is 42.5 Å². The highest BCUT2D eigenvalue weighted by Crippen LogP contribution is 2.24. The summed E-state index contributed by atoms with van der Waals surface area (Å²) in [5.74, 6) is 0.780. The molecule has 3 aromatic rings. The van der Waals surface area contributed by atoms with Gasteiger partial charge in [-0.3, -0.25) is 9.59 Å². The molecular weight excluding hydrogens is 512 g/mol. The molecule has 0 saturated carbocycles. The molecule has 212 valence electrons. The lowest BCUT2D eigenvalue weighted by Crippen LogP contribution is -2.53. The van der Waals surface area contributed by atoms with Crippen LogP contribution in [-0.4, -0.2) is 81.4 Å². The molecule has 0 bridgehead atoms. The van der Waals surface area contributed by atoms with Gasteiger partial charge in [-0.25, -0.2) is 0 Å². The van der Waals surface area contributed by atoms with Crippen LogP contribution in [0.1, 0.15) is 43.7 Å². The summed E-state index contributed by atoms with van der Waals surface area (Å²) in [5, 5.41) is 14.3. The molecule has 40 heavy (non-hydrogen) atoms. The summed E-state index contributed by atoms with van der Waals surface area (Å²) < 4.78 is 12.7. The Morgan fingerprint density at radius 3 is 2.77 bits per heavy atom. The van der Waals surface area contributed by atoms with Gasteiger partial charge in [0.2, 0.25) is 23.7 Å². The van der Waals surface area contributed by atoms with Crippen molar-refractivity contribution < 1.29 is 19.1 Å². The molecule has 1 unspecified atom stereocenters. The Labute approximate surface area is 233 Å². The minimum absolute atomic E-state index is 0.142. The Kier molecular flexibility index (Phi) is 8.56. The summed E-state index contributed by atoms with van der Waals surface area (Å²) in [6.07, 6.45) is 4.86. The predicted octanol–water partition coefficient (Wildman–Crippen LogP) is 2.80. The summed E-state index contributed by atoms with van der Waals surface area (Å²) in [7, 11) is 0. The first-order chi connectivity index (χ1) is 19.4. The van der Waals surface area contributed by atoms with Crippen LogP contribution in [0.4, 0.5) is 17.6 Å². The van der Waals surface area contributed by atoms with Gasteiger partial charge in [0.15, 0.2) is 5.65 Å². The molecule has 1 aromatic carbocycles. The van der Waals surface area contributed by atoms with Crippen LogP contribution in [0.2, 0.25) is 0 Å². The Bertz CT molecular complexity index is 1370. The second-order valence-electron chi connectivity index (χ2n) is 10.3. The summed E-state index contributed by atoms with van der Waals surface area (Å²) in [4.78, 5) is 36.2. The van der Waals surface area contributed by atoms with Crippen molar-refractivity contribution in [2.45, 2.75) is 51.2 Å². The zero-order valence-electron chi connectivity index (χ0n) is 22.9. The molecule has 2 aliphatic heterocycles. The zero-order valence-corrected chi connectivity index (χ0v) is 22.9. The average Bonchev–Trinajstić information content (AvgIpc) is 3.41. The van der Waals surface area contributed by atoms with E-state index in [1.807, 2.05) is 30.5 Å². The minimum Gasteiger partial charge on any atom is -0.381 e. The van der Waals surface area contributed by atoms with E-state index >= 15 is 0 Å². The number of nitrogens with zero attached hydrogens (tertiary/aromatic N) is 5. The van der Waals surface area contributed by atoms with Crippen LogP contribution < -0.4 is 16.0 Å². The van der Waals surface area contributed by atoms with Gasteiger partial charge >= 0.3 is 0 Å². The van der Waals surface area contributed by atoms with Gasteiger partial charge in [0.1, 0.15) is 6.04 Å². The van der Waals surface area contributed by atoms with Crippen LogP contribution >= 0.6 is 0 Å². The fourth-order valence-electron chi connectivity index (χ4n) is 4.87. The molecule has 1 atom stereocenters. The lowest BCUT2D eigenvalue weighted by atomic mass is 10.1. The van der Waals surface area contributed by atoms with Gasteiger partial charge in [-0.1, -0.05) is 32.6 Å². The zero-order chi connectivity index (χ0) is 28.1. The second-order valence-corrected chi connectivity index (χ2v) is 10.3. The largest absolute Gasteiger partial charge is 0.381 e. The molecule has 5 rings (SSSR count). The van der Waals surface area contributed by atoms with E-state index in [0.717, 1.165) is 42.8 Å². The first-order valence-corrected chi connectivity index (χ1v) is 13.7. The smallest absolute Gasteiger partial charge is 0.249 e. The van der Waals surface area contributed by atoms with Crippen molar-refractivity contribution in [3.63, 3.8) is 0 Å². The standard InChI is InChI=1S/C28H36N8O4/c1-4-24(37)35-10-13-40-17-23(35)26(38)31-21-7-5-6-19(14-21)15-29-28-34-27(32-20-8-11-39-12-9-20)33-25-22(18(2)3)16-30-36(25)28/h4-7,14,16,18,20,23H,1,8-13,15,17H2,2-3H3,(H,31,38)(H2,29,32,33,34). The van der Waals surface area contributed by atoms with E-state index < -0.39 is 6.04 Å². The van der Waals surface area contributed by atoms with Crippen LogP contribution in [0, 0.1) is 0 Å². The molecule has 2 saturated heterocycles. The highest BCUT2D eigenvalue weighted by atomic mass is 16.5. The molecule has 0 spiro atoms. The van der Waals surface area contributed by atoms with Gasteiger partial charge in [0.05, 0.1) is 19.4 Å². The third-order valence-corrected chi connectivity index (χ3v) is 7.11. The minimum atomic E-state index is -0.716. The maximum Gasteiger partial charge on any atom is 0.249 e. The topological polar surface area (TPSA) is 135 Å². The van der Waals surface area contributed by atoms with Crippen molar-refractivity contribution >= 4 is 35.0 Å². The first kappa shape index (κ1) is 27.5. The van der Waals surface area contributed by atoms with Crippen molar-refractivity contribution in [3.05, 3.63) is 54.2 Å². The molecular formula is C28H36N8O4. The number of fused-ring (bicyclic) bond motifs is 1. The number of hydrogen-bond acceptors (Lipinski definition) is 9. The van der Waals surface area contributed by atoms with E-state index in [2.05, 4.69) is 41.5 Å². The number of carbonyl (C=O) groups excluding carboxylic acids is 2. The quantitative estimate of drug-likeness (QED) is 0.345. The number of anilines is 3. The van der Waals surface area contributed by atoms with Crippen LogP contribution in [0.15, 0.2) is 43.1 Å². The molecule has 2 amide bonds. The number of benzene rings is 1. The van der Waals surface area contributed by atoms with E-state index in [1.54, 1.807) is 4.52 Å². The van der Waals surface area contributed by atoms with Gasteiger partial charge in [-0.2, -0.15) is 19.6 Å². The number of aromatic nitrogens is 4. The van der Waals surface area contributed by atoms with Crippen LogP contribution in [0.5, 0.6) is 0 Å². The number of ether oxygens (including phenoxy) is 2. The Morgan fingerprint density at radius 2 is 2.00 bits per heavy atom. The van der Waals surface area contributed by atoms with Crippen molar-refractivity contribution in [2.75, 3.05) is 48.9 Å². The summed E-state index contributed by atoms with van der Waals surface area (Å²) in [6, 6.07) is 7.06. The first-order valence-electron chi connectivity index (χ1n) is 13.7. The lowest BCUT2D eigenvalue weighted by molar-refractivity contribution is -0.142. The number of nitrogens with one attached hydrogen (secondary N) is 3. The fraction of sp³-hybridized carbons (Fsp3) is 0.464. The third kappa shape index (κ3) is 6.23. The van der Waals surface area contributed by atoms with Gasteiger partial charge < -0.3 is 30.3 Å². The van der Waals surface area contributed by atoms with E-state index in [0.29, 0.717) is 37.3 Å². The summed E-state index contributed by atoms with van der Waals surface area (Å²) in [6.45, 7) is 10.5. The normalized spacial score (nSPS) is 18.1. The van der Waals surface area contributed by atoms with Crippen molar-refractivity contribution in [1.82, 2.24) is 24.5 Å². The van der Waals surface area contributed by atoms with Gasteiger partial charge in [-0.15, -0.1) is 0 Å². The van der Waals surface area contributed by atoms with Crippen LogP contribution in [-0.2, 0) is 25.6 Å². The number of carbonyl (C=O) groups is 2. The Hall–Kier alpha value is -4.03. The van der Waals surface area contributed by atoms with E-state index in [1.165, 1.54) is 11.0 Å². The van der Waals surface area contributed by atoms with Gasteiger partial charge in [0.25, 0.3) is 0 Å². The lowest BCUT2D eigenvalue weighted by Gasteiger charge is -2.33. The van der Waals surface area contributed by atoms with E-state index in [-0.39, 0.29) is 30.4 Å². The molecule has 2 aromatic heterocycles. The number of morpholine rings is 1. The van der Waals surface area contributed by atoms with Crippen molar-refractivity contribution in [2.24, 2.45) is 0 Å². The maximum absolute atomic E-state index is 13.0. The average molecular weight is 549 g/mol. The SMILES string of the molecule is C=CC(=O)N1CCOCC1C(=O)Nc1cccc(CNc2nc(NC3CCOCC3)nc3c(C(C)C)cnn23)c1. The number of amides is 2. The maximum atomic E-state index is 13.0. The molecule has 0 radical (unpaired) electrons. The number of hydrogen-bond donors (Lipinski definition) is 3. The van der Waals surface area contributed by atoms with Crippen LogP contribution in [0.25, 0.3) is 5.65 Å². The second kappa shape index (κ2) is 12.4. The molecule has 3 N–H and O–H groups in total. The van der Waals surface area contributed by atoms with Crippen molar-refractivity contribution in [1.29, 1.82) is 0 Å². The molecule has 0 aliphatic carbocycles. The van der Waals surface area contributed by atoms with Crippen molar-refractivity contribution in [3.8, 4) is 0 Å². The Morgan fingerprint density at radius 1 is 1.18 bits per heavy atom. The number of rotatable bonds is 9. The highest BCUT2D eigenvalue weighted by molar-refractivity contribution is 5.99. The third-order valence-electron chi connectivity index (χ3n) is 7.11. The Balaban J connectivity index is 1.31. The van der Waals surface area contributed by atoms with Crippen LogP contribution in [0.3, 0.4) is 0 Å². The summed E-state index contributed by atoms with van der Waals surface area (Å²) >= 11 is 0. The molecule has 12 nitrogen and oxygen atoms in total. The van der Waals surface area contributed by atoms with Gasteiger partial charge in [0, 0.05) is 43.6 Å². The van der Waals surface area contributed by atoms with E-state index in [4.69, 9.17) is 19.4 Å². The summed E-state index contributed by atoms with van der Waals surface area (Å²) in [5.41, 5.74) is 3.35. The fourth-order valence-corrected chi connectivity index (χ4v) is 4.87. The predicted molar refractivity (Wildman–Crippen MR) is 151 cm³/mol. The molecule has 4 heterocycles. The molecule has 2 fully saturated rings. The molecule has 2 aliphatic rings. The van der Waals surface area contributed by atoms with E-state index in [9.17, 15) is 9.59 Å². The molecule has 12 heteroatoms.